The van der Waals surface area contributed by atoms with Crippen LogP contribution in [-0.2, 0) is 9.59 Å². The van der Waals surface area contributed by atoms with Crippen LogP contribution in [0, 0.1) is 0 Å². The lowest BCUT2D eigenvalue weighted by atomic mass is 10.2. The Labute approximate surface area is 141 Å². The van der Waals surface area contributed by atoms with E-state index >= 15 is 0 Å². The summed E-state index contributed by atoms with van der Waals surface area (Å²) < 4.78 is 5.29. The quantitative estimate of drug-likeness (QED) is 0.675. The lowest BCUT2D eigenvalue weighted by Gasteiger charge is -2.14. The number of anilines is 2. The average molecular weight is 336 g/mol. The molecule has 0 aromatic heterocycles. The fourth-order valence-corrected chi connectivity index (χ4v) is 2.48. The molecule has 1 aromatic rings. The van der Waals surface area contributed by atoms with E-state index in [9.17, 15) is 9.59 Å². The number of hydrogen-bond donors (Lipinski definition) is 2. The summed E-state index contributed by atoms with van der Waals surface area (Å²) >= 11 is 1.51. The van der Waals surface area contributed by atoms with E-state index in [1.807, 2.05) is 13.8 Å². The average Bonchev–Trinajstić information content (AvgIpc) is 2.54. The van der Waals surface area contributed by atoms with Crippen LogP contribution in [0.15, 0.2) is 30.9 Å². The maximum absolute atomic E-state index is 12.1. The van der Waals surface area contributed by atoms with Gasteiger partial charge in [0, 0.05) is 23.9 Å². The van der Waals surface area contributed by atoms with Crippen molar-refractivity contribution in [1.82, 2.24) is 0 Å². The molecular formula is C17H24N2O3S. The third-order valence-corrected chi connectivity index (χ3v) is 4.20. The maximum Gasteiger partial charge on any atom is 0.237 e. The van der Waals surface area contributed by atoms with E-state index in [0.717, 1.165) is 12.2 Å². The van der Waals surface area contributed by atoms with Gasteiger partial charge in [0.2, 0.25) is 11.8 Å². The molecule has 0 radical (unpaired) electrons. The molecule has 0 bridgehead atoms. The second kappa shape index (κ2) is 9.94. The van der Waals surface area contributed by atoms with Crippen molar-refractivity contribution < 1.29 is 14.3 Å². The fourth-order valence-electron chi connectivity index (χ4n) is 1.84. The van der Waals surface area contributed by atoms with Gasteiger partial charge in [-0.2, -0.15) is 0 Å². The predicted molar refractivity (Wildman–Crippen MR) is 97.3 cm³/mol. The molecule has 0 fully saturated rings. The van der Waals surface area contributed by atoms with Gasteiger partial charge in [-0.1, -0.05) is 13.0 Å². The number of methoxy groups -OCH3 is 1. The molecule has 0 saturated heterocycles. The third kappa shape index (κ3) is 6.36. The lowest BCUT2D eigenvalue weighted by molar-refractivity contribution is -0.116. The number of ether oxygens (including phenoxy) is 1. The highest BCUT2D eigenvalue weighted by molar-refractivity contribution is 8.00. The highest BCUT2D eigenvalue weighted by Gasteiger charge is 2.14. The van der Waals surface area contributed by atoms with Crippen molar-refractivity contribution >= 4 is 35.0 Å². The van der Waals surface area contributed by atoms with E-state index in [1.165, 1.54) is 18.9 Å². The molecule has 0 saturated carbocycles. The van der Waals surface area contributed by atoms with Crippen molar-refractivity contribution in [2.75, 3.05) is 23.5 Å². The molecule has 0 spiro atoms. The molecule has 0 aliphatic rings. The molecular weight excluding hydrogens is 312 g/mol. The van der Waals surface area contributed by atoms with Crippen LogP contribution in [0.1, 0.15) is 26.7 Å². The molecule has 1 aromatic carbocycles. The van der Waals surface area contributed by atoms with Crippen LogP contribution in [-0.4, -0.2) is 29.9 Å². The van der Waals surface area contributed by atoms with Crippen LogP contribution in [0.2, 0.25) is 0 Å². The van der Waals surface area contributed by atoms with Crippen LogP contribution in [0.5, 0.6) is 5.75 Å². The Morgan fingerprint density at radius 3 is 2.74 bits per heavy atom. The van der Waals surface area contributed by atoms with Crippen molar-refractivity contribution in [1.29, 1.82) is 0 Å². The summed E-state index contributed by atoms with van der Waals surface area (Å²) in [5.74, 6) is 1.10. The first kappa shape index (κ1) is 19.1. The summed E-state index contributed by atoms with van der Waals surface area (Å²) in [6, 6.07) is 5.17. The number of hydrogen-bond acceptors (Lipinski definition) is 4. The van der Waals surface area contributed by atoms with Crippen molar-refractivity contribution in [3.8, 4) is 5.75 Å². The Bertz CT molecular complexity index is 561. The molecule has 0 aliphatic heterocycles. The fraction of sp³-hybridized carbons (Fsp3) is 0.412. The monoisotopic (exact) mass is 336 g/mol. The Morgan fingerprint density at radius 2 is 2.13 bits per heavy atom. The second-order valence-corrected chi connectivity index (χ2v) is 6.34. The number of thioether (sulfide) groups is 1. The minimum Gasteiger partial charge on any atom is -0.494 e. The molecule has 6 heteroatoms. The Hall–Kier alpha value is -1.95. The summed E-state index contributed by atoms with van der Waals surface area (Å²) in [6.07, 6.45) is 3.01. The van der Waals surface area contributed by atoms with E-state index in [0.29, 0.717) is 23.5 Å². The van der Waals surface area contributed by atoms with Crippen molar-refractivity contribution in [2.24, 2.45) is 0 Å². The van der Waals surface area contributed by atoms with E-state index < -0.39 is 0 Å². The molecule has 126 valence electrons. The minimum absolute atomic E-state index is 0.0583. The normalized spacial score (nSPS) is 11.4. The Morgan fingerprint density at radius 1 is 1.39 bits per heavy atom. The maximum atomic E-state index is 12.1. The van der Waals surface area contributed by atoms with Gasteiger partial charge < -0.3 is 15.4 Å². The molecule has 2 amide bonds. The van der Waals surface area contributed by atoms with Crippen molar-refractivity contribution in [3.05, 3.63) is 30.9 Å². The lowest BCUT2D eigenvalue weighted by Crippen LogP contribution is -2.22. The number of amides is 2. The van der Waals surface area contributed by atoms with Crippen LogP contribution in [0.25, 0.3) is 0 Å². The van der Waals surface area contributed by atoms with Gasteiger partial charge in [-0.15, -0.1) is 18.3 Å². The molecule has 5 nitrogen and oxygen atoms in total. The first-order chi connectivity index (χ1) is 11.0. The largest absolute Gasteiger partial charge is 0.494 e. The third-order valence-electron chi connectivity index (χ3n) is 3.05. The van der Waals surface area contributed by atoms with Gasteiger partial charge in [0.05, 0.1) is 18.0 Å². The number of nitrogens with one attached hydrogen (secondary N) is 2. The van der Waals surface area contributed by atoms with Gasteiger partial charge >= 0.3 is 0 Å². The zero-order valence-electron chi connectivity index (χ0n) is 13.8. The Balaban J connectivity index is 2.76. The second-order valence-electron chi connectivity index (χ2n) is 4.97. The number of carbonyl (C=O) groups is 2. The van der Waals surface area contributed by atoms with Gasteiger partial charge in [-0.3, -0.25) is 9.59 Å². The molecule has 0 aliphatic carbocycles. The molecule has 1 rings (SSSR count). The number of benzene rings is 1. The van der Waals surface area contributed by atoms with Gasteiger partial charge in [-0.25, -0.2) is 0 Å². The van der Waals surface area contributed by atoms with Gasteiger partial charge in [-0.05, 0) is 25.5 Å². The predicted octanol–water partition coefficient (Wildman–Crippen LogP) is 3.68. The van der Waals surface area contributed by atoms with Gasteiger partial charge in [0.25, 0.3) is 0 Å². The zero-order valence-corrected chi connectivity index (χ0v) is 14.7. The molecule has 0 heterocycles. The Kier molecular flexibility index (Phi) is 8.26. The first-order valence-corrected chi connectivity index (χ1v) is 8.57. The van der Waals surface area contributed by atoms with Crippen LogP contribution in [0.4, 0.5) is 11.4 Å². The van der Waals surface area contributed by atoms with Crippen LogP contribution >= 0.6 is 11.8 Å². The summed E-state index contributed by atoms with van der Waals surface area (Å²) in [5.41, 5.74) is 1.23. The highest BCUT2D eigenvalue weighted by Crippen LogP contribution is 2.28. The van der Waals surface area contributed by atoms with Crippen LogP contribution in [0.3, 0.4) is 0 Å². The molecule has 23 heavy (non-hydrogen) atoms. The summed E-state index contributed by atoms with van der Waals surface area (Å²) in [5, 5.41) is 5.47. The van der Waals surface area contributed by atoms with E-state index in [1.54, 1.807) is 24.3 Å². The minimum atomic E-state index is -0.178. The van der Waals surface area contributed by atoms with Gasteiger partial charge in [0.1, 0.15) is 5.75 Å². The van der Waals surface area contributed by atoms with E-state index in [2.05, 4.69) is 17.2 Å². The first-order valence-electron chi connectivity index (χ1n) is 7.53. The molecule has 1 atom stereocenters. The van der Waals surface area contributed by atoms with Crippen molar-refractivity contribution in [3.63, 3.8) is 0 Å². The zero-order chi connectivity index (χ0) is 17.2. The van der Waals surface area contributed by atoms with Gasteiger partial charge in [0.15, 0.2) is 0 Å². The SMILES string of the molecule is C=CCSC(C)C(=O)Nc1ccc(NC(=O)CCC)c(OC)c1. The highest BCUT2D eigenvalue weighted by atomic mass is 32.2. The van der Waals surface area contributed by atoms with E-state index in [-0.39, 0.29) is 17.1 Å². The standard InChI is InChI=1S/C17H24N2O3S/c1-5-7-16(20)19-14-9-8-13(11-15(14)22-4)18-17(21)12(3)23-10-6-2/h6,8-9,11-12H,2,5,7,10H2,1,3-4H3,(H,18,21)(H,19,20). The van der Waals surface area contributed by atoms with Crippen molar-refractivity contribution in [2.45, 2.75) is 31.9 Å². The smallest absolute Gasteiger partial charge is 0.237 e. The molecule has 2 N–H and O–H groups in total. The topological polar surface area (TPSA) is 67.4 Å². The number of rotatable bonds is 9. The van der Waals surface area contributed by atoms with Crippen LogP contribution < -0.4 is 15.4 Å². The number of carbonyl (C=O) groups excluding carboxylic acids is 2. The molecule has 1 unspecified atom stereocenters. The van der Waals surface area contributed by atoms with E-state index in [4.69, 9.17) is 4.74 Å². The summed E-state index contributed by atoms with van der Waals surface area (Å²) in [4.78, 5) is 23.8. The summed E-state index contributed by atoms with van der Waals surface area (Å²) in [6.45, 7) is 7.43. The summed E-state index contributed by atoms with van der Waals surface area (Å²) in [7, 11) is 1.53.